The summed E-state index contributed by atoms with van der Waals surface area (Å²) in [7, 11) is 0. The van der Waals surface area contributed by atoms with Gasteiger partial charge in [-0.2, -0.15) is 0 Å². The van der Waals surface area contributed by atoms with E-state index in [9.17, 15) is 14.4 Å². The van der Waals surface area contributed by atoms with Crippen LogP contribution in [0.1, 0.15) is 35.0 Å². The predicted octanol–water partition coefficient (Wildman–Crippen LogP) is 2.19. The van der Waals surface area contributed by atoms with Gasteiger partial charge in [0.2, 0.25) is 5.91 Å². The lowest BCUT2D eigenvalue weighted by molar-refractivity contribution is -0.131. The summed E-state index contributed by atoms with van der Waals surface area (Å²) in [6.45, 7) is 1.33. The van der Waals surface area contributed by atoms with E-state index >= 15 is 0 Å². The third-order valence-corrected chi connectivity index (χ3v) is 5.45. The normalized spacial score (nSPS) is 19.9. The van der Waals surface area contributed by atoms with Gasteiger partial charge in [-0.1, -0.05) is 30.3 Å². The third kappa shape index (κ3) is 4.11. The van der Waals surface area contributed by atoms with Gasteiger partial charge in [-0.05, 0) is 30.5 Å². The fraction of sp³-hybridized carbons (Fsp3) is 0.381. The maximum Gasteiger partial charge on any atom is 0.410 e. The molecular formula is C21H23N3O5. The Morgan fingerprint density at radius 2 is 1.83 bits per heavy atom. The van der Waals surface area contributed by atoms with Crippen LogP contribution in [0.3, 0.4) is 0 Å². The van der Waals surface area contributed by atoms with Crippen LogP contribution in [0.4, 0.5) is 4.79 Å². The number of carbonyl (C=O) groups excluding carboxylic acids is 3. The van der Waals surface area contributed by atoms with Crippen molar-refractivity contribution in [3.8, 4) is 0 Å². The molecule has 1 aromatic heterocycles. The lowest BCUT2D eigenvalue weighted by Gasteiger charge is -2.38. The van der Waals surface area contributed by atoms with Crippen LogP contribution in [-0.4, -0.2) is 60.0 Å². The van der Waals surface area contributed by atoms with E-state index in [1.54, 1.807) is 17.0 Å². The number of benzene rings is 1. The predicted molar refractivity (Wildman–Crippen MR) is 103 cm³/mol. The van der Waals surface area contributed by atoms with Crippen molar-refractivity contribution < 1.29 is 23.5 Å². The molecule has 1 N–H and O–H groups in total. The summed E-state index contributed by atoms with van der Waals surface area (Å²) in [6.07, 6.45) is 2.47. The number of nitrogens with zero attached hydrogens (tertiary/aromatic N) is 2. The molecule has 0 spiro atoms. The molecule has 3 amide bonds. The number of likely N-dealkylation sites (tertiary alicyclic amines) is 1. The van der Waals surface area contributed by atoms with Crippen molar-refractivity contribution in [1.29, 1.82) is 0 Å². The number of hydrogen-bond acceptors (Lipinski definition) is 5. The van der Waals surface area contributed by atoms with Crippen LogP contribution in [-0.2, 0) is 9.53 Å². The summed E-state index contributed by atoms with van der Waals surface area (Å²) >= 11 is 0. The first-order valence-corrected chi connectivity index (χ1v) is 9.73. The summed E-state index contributed by atoms with van der Waals surface area (Å²) in [5.41, 5.74) is 1.05. The molecule has 2 aliphatic rings. The molecule has 2 saturated heterocycles. The van der Waals surface area contributed by atoms with Gasteiger partial charge < -0.3 is 19.4 Å². The van der Waals surface area contributed by atoms with Gasteiger partial charge in [-0.15, -0.1) is 0 Å². The van der Waals surface area contributed by atoms with E-state index in [-0.39, 0.29) is 36.4 Å². The van der Waals surface area contributed by atoms with Crippen LogP contribution in [0, 0.1) is 0 Å². The van der Waals surface area contributed by atoms with Gasteiger partial charge in [-0.3, -0.25) is 14.5 Å². The standard InChI is InChI=1S/C21H23N3O5/c25-19(13-22-20(26)18-7-4-12-28-18)23-10-8-16(9-11-23)24-17(14-29-21(24)27)15-5-2-1-3-6-15/h1-7,12,16-17H,8-11,13-14H2,(H,22,26)/t17-/m0/s1. The molecule has 29 heavy (non-hydrogen) atoms. The molecule has 4 rings (SSSR count). The quantitative estimate of drug-likeness (QED) is 0.835. The van der Waals surface area contributed by atoms with Gasteiger partial charge in [0.05, 0.1) is 18.8 Å². The van der Waals surface area contributed by atoms with E-state index in [1.165, 1.54) is 6.26 Å². The number of amides is 3. The molecule has 2 aliphatic heterocycles. The second-order valence-electron chi connectivity index (χ2n) is 7.18. The smallest absolute Gasteiger partial charge is 0.410 e. The van der Waals surface area contributed by atoms with Gasteiger partial charge in [0.25, 0.3) is 5.91 Å². The fourth-order valence-corrected chi connectivity index (χ4v) is 3.92. The van der Waals surface area contributed by atoms with E-state index in [4.69, 9.17) is 9.15 Å². The van der Waals surface area contributed by atoms with Gasteiger partial charge >= 0.3 is 6.09 Å². The number of hydrogen-bond donors (Lipinski definition) is 1. The number of ether oxygens (including phenoxy) is 1. The number of nitrogens with one attached hydrogen (secondary N) is 1. The lowest BCUT2D eigenvalue weighted by atomic mass is 9.99. The average Bonchev–Trinajstić information content (AvgIpc) is 3.43. The highest BCUT2D eigenvalue weighted by molar-refractivity contribution is 5.94. The maximum absolute atomic E-state index is 12.4. The second-order valence-corrected chi connectivity index (χ2v) is 7.18. The molecule has 0 bridgehead atoms. The molecule has 152 valence electrons. The van der Waals surface area contributed by atoms with Crippen molar-refractivity contribution in [3.63, 3.8) is 0 Å². The highest BCUT2D eigenvalue weighted by Gasteiger charge is 2.40. The molecule has 0 unspecified atom stereocenters. The van der Waals surface area contributed by atoms with Crippen LogP contribution in [0.5, 0.6) is 0 Å². The molecule has 0 radical (unpaired) electrons. The average molecular weight is 397 g/mol. The van der Waals surface area contributed by atoms with Crippen molar-refractivity contribution in [3.05, 3.63) is 60.1 Å². The molecule has 2 aromatic rings. The maximum atomic E-state index is 12.4. The van der Waals surface area contributed by atoms with E-state index < -0.39 is 5.91 Å². The SMILES string of the molecule is O=C(NCC(=O)N1CCC(N2C(=O)OC[C@H]2c2ccccc2)CC1)c1ccco1. The van der Waals surface area contributed by atoms with Crippen molar-refractivity contribution in [2.45, 2.75) is 24.9 Å². The fourth-order valence-electron chi connectivity index (χ4n) is 3.92. The van der Waals surface area contributed by atoms with Gasteiger partial charge in [0.15, 0.2) is 5.76 Å². The Kier molecular flexibility index (Phi) is 5.50. The third-order valence-electron chi connectivity index (χ3n) is 5.45. The number of piperidine rings is 1. The zero-order chi connectivity index (χ0) is 20.2. The molecule has 1 aromatic carbocycles. The van der Waals surface area contributed by atoms with Gasteiger partial charge in [0.1, 0.15) is 6.61 Å². The first-order chi connectivity index (χ1) is 14.1. The lowest BCUT2D eigenvalue weighted by Crippen LogP contribution is -2.49. The molecule has 0 aliphatic carbocycles. The molecule has 8 heteroatoms. The van der Waals surface area contributed by atoms with E-state index in [0.717, 1.165) is 5.56 Å². The highest BCUT2D eigenvalue weighted by Crippen LogP contribution is 2.33. The Morgan fingerprint density at radius 1 is 1.07 bits per heavy atom. The van der Waals surface area contributed by atoms with Crippen LogP contribution >= 0.6 is 0 Å². The topological polar surface area (TPSA) is 92.1 Å². The first kappa shape index (κ1) is 19.0. The van der Waals surface area contributed by atoms with Crippen LogP contribution in [0.25, 0.3) is 0 Å². The van der Waals surface area contributed by atoms with E-state index in [0.29, 0.717) is 32.5 Å². The Morgan fingerprint density at radius 3 is 2.52 bits per heavy atom. The van der Waals surface area contributed by atoms with E-state index in [1.807, 2.05) is 35.2 Å². The molecule has 8 nitrogen and oxygen atoms in total. The van der Waals surface area contributed by atoms with Crippen LogP contribution in [0.2, 0.25) is 0 Å². The minimum Gasteiger partial charge on any atom is -0.459 e. The summed E-state index contributed by atoms with van der Waals surface area (Å²) < 4.78 is 10.3. The van der Waals surface area contributed by atoms with Crippen molar-refractivity contribution in [2.75, 3.05) is 26.2 Å². The van der Waals surface area contributed by atoms with Crippen molar-refractivity contribution >= 4 is 17.9 Å². The van der Waals surface area contributed by atoms with Crippen LogP contribution < -0.4 is 5.32 Å². The first-order valence-electron chi connectivity index (χ1n) is 9.73. The molecule has 0 saturated carbocycles. The van der Waals surface area contributed by atoms with Crippen molar-refractivity contribution in [2.24, 2.45) is 0 Å². The summed E-state index contributed by atoms with van der Waals surface area (Å²) in [5.74, 6) is -0.383. The minimum atomic E-state index is -0.413. The zero-order valence-corrected chi connectivity index (χ0v) is 16.0. The van der Waals surface area contributed by atoms with Crippen LogP contribution in [0.15, 0.2) is 53.1 Å². The highest BCUT2D eigenvalue weighted by atomic mass is 16.6. The molecule has 1 atom stereocenters. The Labute approximate surface area is 168 Å². The molecular weight excluding hydrogens is 374 g/mol. The Bertz CT molecular complexity index is 860. The second kappa shape index (κ2) is 8.38. The molecule has 2 fully saturated rings. The minimum absolute atomic E-state index is 0.0250. The number of furan rings is 1. The Hall–Kier alpha value is -3.29. The number of cyclic esters (lactones) is 1. The van der Waals surface area contributed by atoms with Gasteiger partial charge in [0, 0.05) is 19.1 Å². The monoisotopic (exact) mass is 397 g/mol. The Balaban J connectivity index is 1.31. The van der Waals surface area contributed by atoms with Gasteiger partial charge in [-0.25, -0.2) is 4.79 Å². The van der Waals surface area contributed by atoms with Crippen molar-refractivity contribution in [1.82, 2.24) is 15.1 Å². The number of carbonyl (C=O) groups is 3. The van der Waals surface area contributed by atoms with E-state index in [2.05, 4.69) is 5.32 Å². The summed E-state index contributed by atoms with van der Waals surface area (Å²) in [5, 5.41) is 2.58. The largest absolute Gasteiger partial charge is 0.459 e. The zero-order valence-electron chi connectivity index (χ0n) is 16.0. The summed E-state index contributed by atoms with van der Waals surface area (Å²) in [4.78, 5) is 40.2. The molecule has 3 heterocycles. The summed E-state index contributed by atoms with van der Waals surface area (Å²) in [6, 6.07) is 12.9. The number of rotatable bonds is 5.